The highest BCUT2D eigenvalue weighted by Gasteiger charge is 2.67. The van der Waals surface area contributed by atoms with Gasteiger partial charge in [0.1, 0.15) is 11.5 Å². The second-order valence-electron chi connectivity index (χ2n) is 10.6. The summed E-state index contributed by atoms with van der Waals surface area (Å²) in [4.78, 5) is 20.7. The number of fused-ring (bicyclic) bond motifs is 3. The molecule has 1 heterocycles. The Balaban J connectivity index is 1.90. The number of rotatable bonds is 2. The molecule has 1 aromatic rings. The lowest BCUT2D eigenvalue weighted by atomic mass is 9.55. The van der Waals surface area contributed by atoms with Gasteiger partial charge in [-0.2, -0.15) is 0 Å². The maximum absolute atomic E-state index is 14.6. The number of aliphatic imine (C=N–C) groups is 1. The van der Waals surface area contributed by atoms with Crippen molar-refractivity contribution >= 4 is 17.4 Å². The Kier molecular flexibility index (Phi) is 4.42. The molecule has 1 amide bonds. The second kappa shape index (κ2) is 6.29. The summed E-state index contributed by atoms with van der Waals surface area (Å²) >= 11 is 0. The minimum atomic E-state index is -1.48. The molecule has 4 rings (SSSR count). The van der Waals surface area contributed by atoms with E-state index in [1.165, 1.54) is 19.4 Å². The van der Waals surface area contributed by atoms with Crippen molar-refractivity contribution in [3.05, 3.63) is 29.3 Å². The average molecular weight is 400 g/mol. The number of alkyl halides is 1. The van der Waals surface area contributed by atoms with Crippen LogP contribution in [0.5, 0.6) is 0 Å². The molecular weight excluding hydrogens is 365 g/mol. The summed E-state index contributed by atoms with van der Waals surface area (Å²) in [6.45, 7) is 11.8. The van der Waals surface area contributed by atoms with Crippen LogP contribution in [0.4, 0.5) is 10.1 Å². The first kappa shape index (κ1) is 20.4. The maximum atomic E-state index is 14.6. The highest BCUT2D eigenvalue weighted by molar-refractivity contribution is 6.09. The van der Waals surface area contributed by atoms with E-state index in [1.54, 1.807) is 4.90 Å². The van der Waals surface area contributed by atoms with Crippen molar-refractivity contribution in [2.24, 2.45) is 28.2 Å². The van der Waals surface area contributed by atoms with Crippen molar-refractivity contribution in [2.45, 2.75) is 72.0 Å². The number of amidine groups is 1. The van der Waals surface area contributed by atoms with Crippen LogP contribution in [-0.4, -0.2) is 28.9 Å². The molecule has 4 nitrogen and oxygen atoms in total. The van der Waals surface area contributed by atoms with Crippen LogP contribution >= 0.6 is 0 Å². The van der Waals surface area contributed by atoms with Gasteiger partial charge in [0, 0.05) is 11.1 Å². The molecule has 1 aliphatic heterocycles. The quantitative estimate of drug-likeness (QED) is 0.732. The van der Waals surface area contributed by atoms with E-state index >= 15 is 0 Å². The average Bonchev–Trinajstić information content (AvgIpc) is 2.99. The Morgan fingerprint density at radius 3 is 2.45 bits per heavy atom. The van der Waals surface area contributed by atoms with Crippen molar-refractivity contribution < 1.29 is 9.18 Å². The molecule has 0 radical (unpaired) electrons. The van der Waals surface area contributed by atoms with Gasteiger partial charge in [-0.1, -0.05) is 26.8 Å². The van der Waals surface area contributed by atoms with Crippen molar-refractivity contribution in [1.29, 1.82) is 0 Å². The van der Waals surface area contributed by atoms with E-state index in [0.29, 0.717) is 29.3 Å². The van der Waals surface area contributed by atoms with Gasteiger partial charge < -0.3 is 5.73 Å². The molecular formula is C24H34FN3O. The Labute approximate surface area is 173 Å². The summed E-state index contributed by atoms with van der Waals surface area (Å²) in [7, 11) is 0. The number of hydrogen-bond donors (Lipinski definition) is 1. The number of amides is 1. The summed E-state index contributed by atoms with van der Waals surface area (Å²) in [5.41, 5.74) is 6.18. The summed E-state index contributed by atoms with van der Waals surface area (Å²) in [6.07, 6.45) is 2.73. The van der Waals surface area contributed by atoms with Crippen LogP contribution in [0.15, 0.2) is 23.2 Å². The summed E-state index contributed by atoms with van der Waals surface area (Å²) in [5, 5.41) is 0. The Hall–Kier alpha value is -1.91. The van der Waals surface area contributed by atoms with Crippen LogP contribution in [0.1, 0.15) is 65.5 Å². The number of nitrogen functional groups attached to an aromatic ring is 1. The fraction of sp³-hybridized carbons (Fsp3) is 0.667. The zero-order chi connectivity index (χ0) is 21.4. The molecule has 5 atom stereocenters. The first-order chi connectivity index (χ1) is 13.4. The van der Waals surface area contributed by atoms with Crippen LogP contribution < -0.4 is 5.73 Å². The molecule has 0 saturated heterocycles. The van der Waals surface area contributed by atoms with E-state index in [-0.39, 0.29) is 17.9 Å². The van der Waals surface area contributed by atoms with Crippen LogP contribution in [0, 0.1) is 23.2 Å². The lowest BCUT2D eigenvalue weighted by Crippen LogP contribution is -2.54. The van der Waals surface area contributed by atoms with E-state index in [1.807, 2.05) is 19.1 Å². The molecule has 1 fully saturated rings. The fourth-order valence-corrected chi connectivity index (χ4v) is 6.33. The van der Waals surface area contributed by atoms with Crippen LogP contribution in [-0.2, 0) is 16.8 Å². The van der Waals surface area contributed by atoms with Crippen LogP contribution in [0.3, 0.4) is 0 Å². The number of hydrogen-bond acceptors (Lipinski definition) is 3. The third-order valence-corrected chi connectivity index (χ3v) is 7.85. The van der Waals surface area contributed by atoms with Crippen molar-refractivity contribution in [3.8, 4) is 0 Å². The number of benzene rings is 1. The fourth-order valence-electron chi connectivity index (χ4n) is 6.33. The lowest BCUT2D eigenvalue weighted by molar-refractivity contribution is -0.140. The van der Waals surface area contributed by atoms with Gasteiger partial charge >= 0.3 is 0 Å². The van der Waals surface area contributed by atoms with Gasteiger partial charge in [0.25, 0.3) is 5.91 Å². The van der Waals surface area contributed by atoms with Crippen molar-refractivity contribution in [2.75, 3.05) is 12.3 Å². The first-order valence-electron chi connectivity index (χ1n) is 10.9. The van der Waals surface area contributed by atoms with Crippen LogP contribution in [0.2, 0.25) is 0 Å². The van der Waals surface area contributed by atoms with Crippen molar-refractivity contribution in [3.63, 3.8) is 0 Å². The number of nitrogens with zero attached hydrogens (tertiary/aromatic N) is 2. The van der Waals surface area contributed by atoms with Gasteiger partial charge in [-0.15, -0.1) is 0 Å². The molecule has 0 aromatic heterocycles. The molecule has 5 heteroatoms. The molecule has 1 aromatic carbocycles. The Morgan fingerprint density at radius 2 is 1.86 bits per heavy atom. The minimum Gasteiger partial charge on any atom is -0.399 e. The molecule has 1 saturated carbocycles. The van der Waals surface area contributed by atoms with E-state index in [2.05, 4.69) is 26.8 Å². The molecule has 3 aliphatic rings. The number of carbonyl (C=O) groups is 1. The standard InChI is InChI=1S/C24H34FN3O/c1-14-10-23(11-15(2)16(14)3)12-18-7-8-19(26)9-20(18)24(23)21(29)28(17(4)27-24)13-22(5,6)25/h7-9,14-16H,10-13,26H2,1-6H3/t14-,15+,16?,23?,24-/m1/s1. The van der Waals surface area contributed by atoms with E-state index < -0.39 is 11.2 Å². The van der Waals surface area contributed by atoms with Gasteiger partial charge in [-0.3, -0.25) is 14.7 Å². The molecule has 0 bridgehead atoms. The summed E-state index contributed by atoms with van der Waals surface area (Å²) in [5.74, 6) is 2.15. The van der Waals surface area contributed by atoms with E-state index in [9.17, 15) is 9.18 Å². The normalized spacial score (nSPS) is 36.8. The zero-order valence-electron chi connectivity index (χ0n) is 18.6. The van der Waals surface area contributed by atoms with Crippen LogP contribution in [0.25, 0.3) is 0 Å². The third-order valence-electron chi connectivity index (χ3n) is 7.85. The van der Waals surface area contributed by atoms with Gasteiger partial charge in [0.2, 0.25) is 0 Å². The summed E-state index contributed by atoms with van der Waals surface area (Å²) in [6, 6.07) is 5.92. The Bertz CT molecular complexity index is 875. The molecule has 2 N–H and O–H groups in total. The summed E-state index contributed by atoms with van der Waals surface area (Å²) < 4.78 is 14.6. The number of carbonyl (C=O) groups excluding carboxylic acids is 1. The second-order valence-corrected chi connectivity index (χ2v) is 10.6. The SMILES string of the molecule is CC1=N[C@@]2(C(=O)N1CC(C)(C)F)c1cc(N)ccc1CC21C[C@@H](C)C(C)[C@@H](C)C1. The largest absolute Gasteiger partial charge is 0.399 e. The smallest absolute Gasteiger partial charge is 0.261 e. The predicted octanol–water partition coefficient (Wildman–Crippen LogP) is 4.72. The molecule has 158 valence electrons. The van der Waals surface area contributed by atoms with E-state index in [4.69, 9.17) is 10.7 Å². The predicted molar refractivity (Wildman–Crippen MR) is 115 cm³/mol. The Morgan fingerprint density at radius 1 is 1.24 bits per heavy atom. The van der Waals surface area contributed by atoms with E-state index in [0.717, 1.165) is 24.8 Å². The topological polar surface area (TPSA) is 58.7 Å². The molecule has 2 unspecified atom stereocenters. The molecule has 2 aliphatic carbocycles. The zero-order valence-corrected chi connectivity index (χ0v) is 18.6. The minimum absolute atomic E-state index is 0.0259. The highest BCUT2D eigenvalue weighted by atomic mass is 19.1. The maximum Gasteiger partial charge on any atom is 0.261 e. The number of nitrogens with two attached hydrogens (primary N) is 1. The molecule has 2 spiro atoms. The lowest BCUT2D eigenvalue weighted by Gasteiger charge is -2.50. The number of halogens is 1. The van der Waals surface area contributed by atoms with Gasteiger partial charge in [-0.05, 0) is 81.0 Å². The monoisotopic (exact) mass is 399 g/mol. The van der Waals surface area contributed by atoms with Gasteiger partial charge in [-0.25, -0.2) is 4.39 Å². The first-order valence-corrected chi connectivity index (χ1v) is 10.9. The van der Waals surface area contributed by atoms with Gasteiger partial charge in [0.15, 0.2) is 5.54 Å². The highest BCUT2D eigenvalue weighted by Crippen LogP contribution is 2.64. The van der Waals surface area contributed by atoms with Crippen molar-refractivity contribution in [1.82, 2.24) is 4.90 Å². The third kappa shape index (κ3) is 2.83. The number of anilines is 1. The molecule has 29 heavy (non-hydrogen) atoms. The van der Waals surface area contributed by atoms with Gasteiger partial charge in [0.05, 0.1) is 6.54 Å².